The zero-order valence-electron chi connectivity index (χ0n) is 16.7. The molecule has 0 radical (unpaired) electrons. The van der Waals surface area contributed by atoms with Crippen molar-refractivity contribution in [1.82, 2.24) is 5.32 Å². The van der Waals surface area contributed by atoms with Gasteiger partial charge in [-0.15, -0.1) is 0 Å². The Morgan fingerprint density at radius 3 is 2.16 bits per heavy atom. The van der Waals surface area contributed by atoms with Crippen molar-refractivity contribution in [1.29, 1.82) is 0 Å². The fraction of sp³-hybridized carbons (Fsp3) is 0.125. The Balaban J connectivity index is 1.36. The van der Waals surface area contributed by atoms with Crippen LogP contribution in [0.25, 0.3) is 17.2 Å². The average molecular weight is 435 g/mol. The molecule has 31 heavy (non-hydrogen) atoms. The third-order valence-corrected chi connectivity index (χ3v) is 6.22. The summed E-state index contributed by atoms with van der Waals surface area (Å²) >= 11 is 0. The van der Waals surface area contributed by atoms with E-state index < -0.39 is 16.1 Å². The van der Waals surface area contributed by atoms with Gasteiger partial charge >= 0.3 is 6.09 Å². The Kier molecular flexibility index (Phi) is 5.88. The van der Waals surface area contributed by atoms with Gasteiger partial charge in [0.05, 0.1) is 4.90 Å². The molecule has 0 unspecified atom stereocenters. The number of nitrogens with two attached hydrogens (primary N) is 1. The standard InChI is InChI=1S/C24H22N2O4S/c25-31(28,29)23-14-6-1-8-17(23)9-7-15-26-24(27)30-16-22-20-12-4-2-10-18(20)19-11-3-5-13-21(19)22/h1-14,22H,15-16H2,(H,26,27)(H2,25,28,29). The molecule has 0 aromatic heterocycles. The average Bonchev–Trinajstić information content (AvgIpc) is 3.09. The summed E-state index contributed by atoms with van der Waals surface area (Å²) in [6.45, 7) is 0.424. The van der Waals surface area contributed by atoms with Gasteiger partial charge in [0.2, 0.25) is 10.0 Å². The molecular weight excluding hydrogens is 412 g/mol. The van der Waals surface area contributed by atoms with Gasteiger partial charge in [-0.3, -0.25) is 0 Å². The number of alkyl carbamates (subject to hydrolysis) is 1. The first-order valence-corrected chi connectivity index (χ1v) is 11.4. The number of sulfonamides is 1. The first kappa shape index (κ1) is 20.8. The van der Waals surface area contributed by atoms with Gasteiger partial charge in [-0.2, -0.15) is 0 Å². The van der Waals surface area contributed by atoms with Gasteiger partial charge in [0.25, 0.3) is 0 Å². The SMILES string of the molecule is NS(=O)(=O)c1ccccc1C=CCNC(=O)OCC1c2ccccc2-c2ccccc21. The van der Waals surface area contributed by atoms with Gasteiger partial charge in [0.1, 0.15) is 6.61 Å². The lowest BCUT2D eigenvalue weighted by atomic mass is 9.98. The van der Waals surface area contributed by atoms with Crippen molar-refractivity contribution >= 4 is 22.2 Å². The van der Waals surface area contributed by atoms with Crippen LogP contribution in [0, 0.1) is 0 Å². The van der Waals surface area contributed by atoms with Crippen molar-refractivity contribution in [3.63, 3.8) is 0 Å². The summed E-state index contributed by atoms with van der Waals surface area (Å²) in [6, 6.07) is 22.7. The first-order valence-electron chi connectivity index (χ1n) is 9.82. The fourth-order valence-electron chi connectivity index (χ4n) is 3.85. The molecule has 3 aromatic carbocycles. The second-order valence-corrected chi connectivity index (χ2v) is 8.72. The maximum Gasteiger partial charge on any atom is 0.407 e. The molecule has 3 N–H and O–H groups in total. The molecule has 0 spiro atoms. The first-order chi connectivity index (χ1) is 14.9. The maximum absolute atomic E-state index is 12.2. The lowest BCUT2D eigenvalue weighted by molar-refractivity contribution is 0.144. The lowest BCUT2D eigenvalue weighted by Gasteiger charge is -2.14. The number of rotatable bonds is 6. The number of fused-ring (bicyclic) bond motifs is 3. The molecule has 0 saturated carbocycles. The summed E-state index contributed by atoms with van der Waals surface area (Å²) < 4.78 is 28.7. The van der Waals surface area contributed by atoms with Gasteiger partial charge in [-0.05, 0) is 33.9 Å². The van der Waals surface area contributed by atoms with Crippen molar-refractivity contribution in [2.24, 2.45) is 5.14 Å². The Morgan fingerprint density at radius 1 is 0.935 bits per heavy atom. The number of hydrogen-bond donors (Lipinski definition) is 2. The van der Waals surface area contributed by atoms with E-state index in [4.69, 9.17) is 9.88 Å². The van der Waals surface area contributed by atoms with Crippen LogP contribution in [0.15, 0.2) is 83.8 Å². The topological polar surface area (TPSA) is 98.5 Å². The van der Waals surface area contributed by atoms with E-state index in [9.17, 15) is 13.2 Å². The molecule has 6 nitrogen and oxygen atoms in total. The van der Waals surface area contributed by atoms with E-state index in [1.165, 1.54) is 17.2 Å². The van der Waals surface area contributed by atoms with E-state index in [2.05, 4.69) is 29.6 Å². The van der Waals surface area contributed by atoms with Crippen LogP contribution in [0.5, 0.6) is 0 Å². The van der Waals surface area contributed by atoms with Crippen molar-refractivity contribution in [3.8, 4) is 11.1 Å². The van der Waals surface area contributed by atoms with Crippen molar-refractivity contribution < 1.29 is 17.9 Å². The molecule has 0 atom stereocenters. The molecule has 7 heteroatoms. The highest BCUT2D eigenvalue weighted by molar-refractivity contribution is 7.89. The number of ether oxygens (including phenoxy) is 1. The van der Waals surface area contributed by atoms with Crippen LogP contribution < -0.4 is 10.5 Å². The highest BCUT2D eigenvalue weighted by Gasteiger charge is 2.28. The smallest absolute Gasteiger partial charge is 0.407 e. The van der Waals surface area contributed by atoms with E-state index >= 15 is 0 Å². The highest BCUT2D eigenvalue weighted by Crippen LogP contribution is 2.44. The van der Waals surface area contributed by atoms with E-state index in [1.807, 2.05) is 24.3 Å². The molecule has 0 aliphatic heterocycles. The summed E-state index contributed by atoms with van der Waals surface area (Å²) in [7, 11) is -3.82. The minimum Gasteiger partial charge on any atom is -0.449 e. The fourth-order valence-corrected chi connectivity index (χ4v) is 4.59. The van der Waals surface area contributed by atoms with Crippen LogP contribution in [0.4, 0.5) is 4.79 Å². The molecule has 158 valence electrons. The predicted molar refractivity (Wildman–Crippen MR) is 120 cm³/mol. The Bertz CT molecular complexity index is 1210. The third-order valence-electron chi connectivity index (χ3n) is 5.23. The summed E-state index contributed by atoms with van der Waals surface area (Å²) in [5, 5.41) is 7.88. The Morgan fingerprint density at radius 2 is 1.52 bits per heavy atom. The van der Waals surface area contributed by atoms with E-state index in [1.54, 1.807) is 30.4 Å². The summed E-state index contributed by atoms with van der Waals surface area (Å²) in [5.41, 5.74) is 5.10. The number of benzene rings is 3. The predicted octanol–water partition coefficient (Wildman–Crippen LogP) is 3.89. The molecule has 0 heterocycles. The monoisotopic (exact) mass is 434 g/mol. The van der Waals surface area contributed by atoms with E-state index in [-0.39, 0.29) is 24.0 Å². The van der Waals surface area contributed by atoms with Gasteiger partial charge in [0, 0.05) is 12.5 Å². The van der Waals surface area contributed by atoms with Crippen LogP contribution in [-0.2, 0) is 14.8 Å². The molecule has 1 aliphatic carbocycles. The number of hydrogen-bond acceptors (Lipinski definition) is 4. The van der Waals surface area contributed by atoms with E-state index in [0.29, 0.717) is 5.56 Å². The molecule has 0 bridgehead atoms. The largest absolute Gasteiger partial charge is 0.449 e. The summed E-state index contributed by atoms with van der Waals surface area (Å²) in [5.74, 6) is -0.00432. The van der Waals surface area contributed by atoms with Crippen LogP contribution >= 0.6 is 0 Å². The van der Waals surface area contributed by atoms with Gasteiger partial charge in [0.15, 0.2) is 0 Å². The number of amides is 1. The molecular formula is C24H22N2O4S. The maximum atomic E-state index is 12.2. The Hall–Kier alpha value is -3.42. The zero-order valence-corrected chi connectivity index (χ0v) is 17.5. The number of carbonyl (C=O) groups is 1. The number of nitrogens with one attached hydrogen (secondary N) is 1. The van der Waals surface area contributed by atoms with Crippen molar-refractivity contribution in [2.45, 2.75) is 10.8 Å². The quantitative estimate of drug-likeness (QED) is 0.615. The lowest BCUT2D eigenvalue weighted by Crippen LogP contribution is -2.26. The van der Waals surface area contributed by atoms with Crippen LogP contribution in [0.3, 0.4) is 0 Å². The molecule has 3 aromatic rings. The number of primary sulfonamides is 1. The molecule has 0 saturated heterocycles. The normalized spacial score (nSPS) is 13.1. The molecule has 4 rings (SSSR count). The minimum absolute atomic E-state index is 0.00432. The van der Waals surface area contributed by atoms with Crippen LogP contribution in [-0.4, -0.2) is 27.7 Å². The van der Waals surface area contributed by atoms with Gasteiger partial charge in [-0.1, -0.05) is 78.9 Å². The van der Waals surface area contributed by atoms with Crippen LogP contribution in [0.2, 0.25) is 0 Å². The zero-order chi connectivity index (χ0) is 21.8. The van der Waals surface area contributed by atoms with Crippen molar-refractivity contribution in [2.75, 3.05) is 13.2 Å². The van der Waals surface area contributed by atoms with Gasteiger partial charge < -0.3 is 10.1 Å². The Labute approximate surface area is 181 Å². The van der Waals surface area contributed by atoms with Crippen LogP contribution in [0.1, 0.15) is 22.6 Å². The second-order valence-electron chi connectivity index (χ2n) is 7.19. The van der Waals surface area contributed by atoms with E-state index in [0.717, 1.165) is 11.1 Å². The third kappa shape index (κ3) is 4.52. The van der Waals surface area contributed by atoms with Gasteiger partial charge in [-0.25, -0.2) is 18.4 Å². The summed E-state index contributed by atoms with van der Waals surface area (Å²) in [6.07, 6.45) is 2.71. The second kappa shape index (κ2) is 8.75. The molecule has 1 aliphatic rings. The molecule has 0 fully saturated rings. The minimum atomic E-state index is -3.82. The molecule has 1 amide bonds. The highest BCUT2D eigenvalue weighted by atomic mass is 32.2. The number of carbonyl (C=O) groups excluding carboxylic acids is 1. The van der Waals surface area contributed by atoms with Crippen molar-refractivity contribution in [3.05, 3.63) is 95.6 Å². The summed E-state index contributed by atoms with van der Waals surface area (Å²) in [4.78, 5) is 12.2.